The van der Waals surface area contributed by atoms with Crippen LogP contribution in [0.15, 0.2) is 147 Å². The number of hydrogen-bond donors (Lipinski definition) is 6. The lowest BCUT2D eigenvalue weighted by molar-refractivity contribution is -0.209. The molecule has 0 saturated heterocycles. The molecule has 0 unspecified atom stereocenters. The smallest absolute Gasteiger partial charge is 0.135 e. The summed E-state index contributed by atoms with van der Waals surface area (Å²) in [6, 6.07) is 22.9. The van der Waals surface area contributed by atoms with Gasteiger partial charge in [-0.3, -0.25) is 0 Å². The van der Waals surface area contributed by atoms with Crippen LogP contribution in [0.25, 0.3) is 0 Å². The molecule has 0 aliphatic rings. The number of rotatable bonds is 24. The highest BCUT2D eigenvalue weighted by Gasteiger charge is 2.22. The van der Waals surface area contributed by atoms with Crippen LogP contribution in [-0.2, 0) is 29.3 Å². The third kappa shape index (κ3) is 11.8. The van der Waals surface area contributed by atoms with E-state index in [1.165, 1.54) is 0 Å². The molecule has 0 spiro atoms. The van der Waals surface area contributed by atoms with Crippen LogP contribution in [0.3, 0.4) is 0 Å². The Labute approximate surface area is 302 Å². The average Bonchev–Trinajstić information content (AvgIpc) is 3.17. The normalized spacial score (nSPS) is 10.8. The first-order valence-electron chi connectivity index (χ1n) is 16.0. The molecule has 52 heavy (non-hydrogen) atoms. The van der Waals surface area contributed by atoms with Crippen LogP contribution >= 0.6 is 0 Å². The molecule has 0 aliphatic carbocycles. The lowest BCUT2D eigenvalue weighted by Gasteiger charge is -2.28. The third-order valence-corrected chi connectivity index (χ3v) is 8.49. The van der Waals surface area contributed by atoms with Crippen LogP contribution in [0.5, 0.6) is 0 Å². The van der Waals surface area contributed by atoms with E-state index in [1.54, 1.807) is 0 Å². The molecule has 0 amide bonds. The second kappa shape index (κ2) is 20.3. The molecule has 3 aromatic carbocycles. The molecule has 0 radical (unpaired) electrons. The predicted octanol–water partition coefficient (Wildman–Crippen LogP) is 10.8. The Morgan fingerprint density at radius 2 is 0.538 bits per heavy atom. The molecule has 13 heteroatoms. The van der Waals surface area contributed by atoms with Gasteiger partial charge in [-0.05, 0) is 70.8 Å². The molecule has 3 aromatic rings. The lowest BCUT2D eigenvalue weighted by atomic mass is 9.90. The van der Waals surface area contributed by atoms with Gasteiger partial charge in [0.1, 0.15) is 34.6 Å². The highest BCUT2D eigenvalue weighted by atomic mass is 17.1. The van der Waals surface area contributed by atoms with Crippen LogP contribution in [0.4, 0.5) is 17.1 Å². The van der Waals surface area contributed by atoms with Gasteiger partial charge in [0.25, 0.3) is 0 Å². The highest BCUT2D eigenvalue weighted by Crippen LogP contribution is 2.40. The van der Waals surface area contributed by atoms with Gasteiger partial charge in [-0.15, -0.1) is 0 Å². The van der Waals surface area contributed by atoms with Crippen molar-refractivity contribution >= 4 is 17.1 Å². The van der Waals surface area contributed by atoms with Crippen molar-refractivity contribution in [2.24, 2.45) is 0 Å². The number of allylic oxidation sites excluding steroid dienone is 6. The van der Waals surface area contributed by atoms with Crippen molar-refractivity contribution in [3.05, 3.63) is 164 Å². The molecule has 0 atom stereocenters. The number of hydrogen-bond acceptors (Lipinski definition) is 13. The van der Waals surface area contributed by atoms with Crippen molar-refractivity contribution in [3.63, 3.8) is 0 Å². The zero-order valence-electron chi connectivity index (χ0n) is 28.7. The number of benzene rings is 3. The summed E-state index contributed by atoms with van der Waals surface area (Å²) in [7, 11) is 0. The summed E-state index contributed by atoms with van der Waals surface area (Å²) < 4.78 is 0. The Hall–Kier alpha value is -5.54. The Bertz CT molecular complexity index is 1420. The van der Waals surface area contributed by atoms with Crippen molar-refractivity contribution in [2.45, 2.75) is 56.3 Å². The van der Waals surface area contributed by atoms with E-state index in [9.17, 15) is 0 Å². The van der Waals surface area contributed by atoms with Gasteiger partial charge < -0.3 is 34.2 Å². The number of anilines is 3. The van der Waals surface area contributed by atoms with Gasteiger partial charge in [-0.2, -0.15) is 0 Å². The minimum absolute atomic E-state index is 0.129. The molecule has 6 N–H and O–H groups in total. The Morgan fingerprint density at radius 3 is 0.692 bits per heavy atom. The molecular weight excluding hydrogens is 674 g/mol. The summed E-state index contributed by atoms with van der Waals surface area (Å²) in [5, 5.41) is 54.7. The summed E-state index contributed by atoms with van der Waals surface area (Å²) in [6.07, 6.45) is 1.39. The molecule has 0 aliphatic heterocycles. The third-order valence-electron chi connectivity index (χ3n) is 8.49. The van der Waals surface area contributed by atoms with Crippen molar-refractivity contribution in [2.75, 3.05) is 4.90 Å². The first-order chi connectivity index (χ1) is 25.0. The Kier molecular flexibility index (Phi) is 16.0. The van der Waals surface area contributed by atoms with Gasteiger partial charge >= 0.3 is 0 Å². The van der Waals surface area contributed by atoms with Gasteiger partial charge in [-0.25, -0.2) is 31.5 Å². The summed E-state index contributed by atoms with van der Waals surface area (Å²) in [5.41, 5.74) is 4.85. The monoisotopic (exact) mass is 719 g/mol. The second-order valence-electron chi connectivity index (χ2n) is 12.2. The van der Waals surface area contributed by atoms with Gasteiger partial charge in [0.15, 0.2) is 0 Å². The maximum absolute atomic E-state index is 9.12. The fourth-order valence-corrected chi connectivity index (χ4v) is 5.93. The molecule has 0 fully saturated rings. The molecular formula is C39H45NO12. The van der Waals surface area contributed by atoms with E-state index in [-0.39, 0.29) is 90.8 Å². The van der Waals surface area contributed by atoms with Gasteiger partial charge in [0.05, 0.1) is 0 Å². The van der Waals surface area contributed by atoms with E-state index in [0.29, 0.717) is 0 Å². The lowest BCUT2D eigenvalue weighted by Crippen LogP contribution is -2.12. The zero-order chi connectivity index (χ0) is 38.2. The van der Waals surface area contributed by atoms with Gasteiger partial charge in [0.2, 0.25) is 0 Å². The first kappa shape index (κ1) is 40.9. The van der Waals surface area contributed by atoms with Crippen LogP contribution in [0.2, 0.25) is 0 Å². The number of nitrogens with zero attached hydrogens (tertiary/aromatic N) is 1. The minimum Gasteiger partial charge on any atom is -0.345 e. The van der Waals surface area contributed by atoms with Crippen molar-refractivity contribution < 1.29 is 60.9 Å². The summed E-state index contributed by atoms with van der Waals surface area (Å²) >= 11 is 0. The molecule has 13 nitrogen and oxygen atoms in total. The fourth-order valence-electron chi connectivity index (χ4n) is 5.93. The molecule has 0 heterocycles. The van der Waals surface area contributed by atoms with Crippen molar-refractivity contribution in [1.29, 1.82) is 0 Å². The fraction of sp³-hybridized carbons (Fsp3) is 0.231. The summed E-state index contributed by atoms with van der Waals surface area (Å²) in [5.74, 6) is -0.0991. The Morgan fingerprint density at radius 1 is 0.365 bits per heavy atom. The first-order valence-corrected chi connectivity index (χ1v) is 16.0. The van der Waals surface area contributed by atoms with E-state index in [2.05, 4.69) is 68.8 Å². The maximum Gasteiger partial charge on any atom is 0.135 e. The van der Waals surface area contributed by atoms with E-state index < -0.39 is 0 Å². The summed E-state index contributed by atoms with van der Waals surface area (Å²) in [4.78, 5) is 28.0. The van der Waals surface area contributed by atoms with Crippen LogP contribution in [0.1, 0.15) is 73.0 Å². The summed E-state index contributed by atoms with van der Waals surface area (Å²) in [6.45, 7) is 22.2. The molecule has 0 bridgehead atoms. The molecule has 278 valence electrons. The maximum atomic E-state index is 9.12. The SMILES string of the molecule is C=C(CC(CC(=C)OO)c1ccc(N(c2ccc(C(CC(=C)OO)CC(=C)OO)cc2)c2ccc(C(CC(=C)OO)CC(=C)OO)cc2)cc1)OO. The predicted molar refractivity (Wildman–Crippen MR) is 194 cm³/mol. The van der Waals surface area contributed by atoms with E-state index in [1.807, 2.05) is 77.7 Å². The minimum atomic E-state index is -0.292. The van der Waals surface area contributed by atoms with Gasteiger partial charge in [-0.1, -0.05) is 75.9 Å². The van der Waals surface area contributed by atoms with E-state index >= 15 is 0 Å². The standard InChI is InChI=1S/C39H45NO12/c1-25(47-41)19-34(20-26(2)48-42)31-7-13-37(14-8-31)40(38-15-9-32(10-16-38)35(21-27(3)49-43)22-28(4)50-44)39-17-11-33(12-18-39)36(23-29(5)51-45)24-30(6)52-46/h7-18,34-36,41-46H,1-6,19-24H2. The largest absolute Gasteiger partial charge is 0.345 e. The van der Waals surface area contributed by atoms with Crippen LogP contribution in [0, 0.1) is 0 Å². The van der Waals surface area contributed by atoms with E-state index in [0.717, 1.165) is 33.8 Å². The highest BCUT2D eigenvalue weighted by molar-refractivity contribution is 5.77. The van der Waals surface area contributed by atoms with Crippen molar-refractivity contribution in [3.8, 4) is 0 Å². The zero-order valence-corrected chi connectivity index (χ0v) is 28.7. The van der Waals surface area contributed by atoms with E-state index in [4.69, 9.17) is 31.5 Å². The second-order valence-corrected chi connectivity index (χ2v) is 12.2. The van der Waals surface area contributed by atoms with Gasteiger partial charge in [0, 0.05) is 55.6 Å². The quantitative estimate of drug-likeness (QED) is 0.0293. The Balaban J connectivity index is 2.10. The van der Waals surface area contributed by atoms with Crippen LogP contribution in [-0.4, -0.2) is 31.5 Å². The molecule has 3 rings (SSSR count). The van der Waals surface area contributed by atoms with Crippen LogP contribution < -0.4 is 4.90 Å². The molecule has 0 saturated carbocycles. The topological polar surface area (TPSA) is 180 Å². The van der Waals surface area contributed by atoms with Crippen molar-refractivity contribution in [1.82, 2.24) is 0 Å². The average molecular weight is 720 g/mol. The molecule has 0 aromatic heterocycles.